The molecular formula is C19H17BrFN3O4. The van der Waals surface area contributed by atoms with Gasteiger partial charge in [0.1, 0.15) is 18.1 Å². The van der Waals surface area contributed by atoms with Gasteiger partial charge >= 0.3 is 5.97 Å². The van der Waals surface area contributed by atoms with Crippen LogP contribution in [0, 0.1) is 5.82 Å². The first-order valence-electron chi connectivity index (χ1n) is 8.36. The number of nitrogens with one attached hydrogen (secondary N) is 1. The number of carbonyl (C=O) groups is 1. The molecule has 7 nitrogen and oxygen atoms in total. The van der Waals surface area contributed by atoms with Gasteiger partial charge in [-0.3, -0.25) is 0 Å². The van der Waals surface area contributed by atoms with E-state index in [2.05, 4.69) is 31.3 Å². The summed E-state index contributed by atoms with van der Waals surface area (Å²) in [5, 5.41) is 10.3. The summed E-state index contributed by atoms with van der Waals surface area (Å²) < 4.78 is 30.2. The number of methoxy groups -OCH3 is 1. The zero-order valence-electron chi connectivity index (χ0n) is 15.2. The van der Waals surface area contributed by atoms with Gasteiger partial charge in [0.2, 0.25) is 0 Å². The molecule has 146 valence electrons. The van der Waals surface area contributed by atoms with E-state index in [4.69, 9.17) is 14.2 Å². The third-order valence-electron chi connectivity index (χ3n) is 3.79. The van der Waals surface area contributed by atoms with Crippen molar-refractivity contribution in [1.82, 2.24) is 15.4 Å². The minimum atomic E-state index is -0.576. The molecular weight excluding hydrogens is 433 g/mol. The van der Waals surface area contributed by atoms with Crippen molar-refractivity contribution in [2.75, 3.05) is 13.7 Å². The zero-order chi connectivity index (χ0) is 20.1. The highest BCUT2D eigenvalue weighted by atomic mass is 79.9. The monoisotopic (exact) mass is 449 g/mol. The number of carbonyl (C=O) groups excluding carboxylic acids is 1. The van der Waals surface area contributed by atoms with Crippen LogP contribution in [-0.4, -0.2) is 35.1 Å². The van der Waals surface area contributed by atoms with Gasteiger partial charge in [-0.25, -0.2) is 9.18 Å². The van der Waals surface area contributed by atoms with E-state index in [9.17, 15) is 9.18 Å². The Bertz CT molecular complexity index is 993. The lowest BCUT2D eigenvalue weighted by Crippen LogP contribution is -2.07. The Kier molecular flexibility index (Phi) is 6.25. The highest BCUT2D eigenvalue weighted by Gasteiger charge is 2.22. The summed E-state index contributed by atoms with van der Waals surface area (Å²) in [6.07, 6.45) is 0. The smallest absolute Gasteiger partial charge is 0.361 e. The van der Waals surface area contributed by atoms with Gasteiger partial charge in [-0.1, -0.05) is 12.1 Å². The van der Waals surface area contributed by atoms with E-state index in [1.165, 1.54) is 19.2 Å². The molecule has 0 saturated heterocycles. The number of aromatic nitrogens is 3. The number of esters is 1. The van der Waals surface area contributed by atoms with Crippen LogP contribution in [0.1, 0.15) is 23.0 Å². The Morgan fingerprint density at radius 3 is 2.79 bits per heavy atom. The normalized spacial score (nSPS) is 10.6. The standard InChI is InChI=1S/C19H17BrFN3O4/c1-3-27-19(25)17-16(22-24-23-17)12-8-14(20)18(15(9-12)26-2)28-10-11-5-4-6-13(21)7-11/h4-9H,3,10H2,1-2H3,(H,22,23,24). The average Bonchev–Trinajstić information content (AvgIpc) is 3.16. The lowest BCUT2D eigenvalue weighted by Gasteiger charge is -2.14. The van der Waals surface area contributed by atoms with Crippen molar-refractivity contribution < 1.29 is 23.4 Å². The molecule has 0 atom stereocenters. The van der Waals surface area contributed by atoms with Crippen LogP contribution >= 0.6 is 15.9 Å². The van der Waals surface area contributed by atoms with E-state index in [-0.39, 0.29) is 24.7 Å². The lowest BCUT2D eigenvalue weighted by atomic mass is 10.1. The molecule has 0 fully saturated rings. The maximum Gasteiger partial charge on any atom is 0.361 e. The zero-order valence-corrected chi connectivity index (χ0v) is 16.7. The maximum absolute atomic E-state index is 13.3. The number of rotatable bonds is 7. The van der Waals surface area contributed by atoms with Gasteiger partial charge in [-0.15, -0.1) is 5.10 Å². The molecule has 2 aromatic carbocycles. The molecule has 1 N–H and O–H groups in total. The van der Waals surface area contributed by atoms with E-state index < -0.39 is 5.97 Å². The van der Waals surface area contributed by atoms with Gasteiger partial charge < -0.3 is 14.2 Å². The van der Waals surface area contributed by atoms with Crippen LogP contribution in [0.5, 0.6) is 11.5 Å². The van der Waals surface area contributed by atoms with Crippen molar-refractivity contribution >= 4 is 21.9 Å². The Hall–Kier alpha value is -2.94. The highest BCUT2D eigenvalue weighted by molar-refractivity contribution is 9.10. The van der Waals surface area contributed by atoms with Crippen LogP contribution in [0.2, 0.25) is 0 Å². The minimum absolute atomic E-state index is 0.0734. The average molecular weight is 450 g/mol. The van der Waals surface area contributed by atoms with Crippen molar-refractivity contribution in [3.8, 4) is 22.8 Å². The van der Waals surface area contributed by atoms with E-state index >= 15 is 0 Å². The summed E-state index contributed by atoms with van der Waals surface area (Å²) in [5.74, 6) is -0.0527. The molecule has 0 bridgehead atoms. The molecule has 0 aliphatic carbocycles. The third-order valence-corrected chi connectivity index (χ3v) is 4.38. The highest BCUT2D eigenvalue weighted by Crippen LogP contribution is 2.40. The largest absolute Gasteiger partial charge is 0.493 e. The number of hydrogen-bond acceptors (Lipinski definition) is 6. The van der Waals surface area contributed by atoms with E-state index in [1.807, 2.05) is 0 Å². The number of halogens is 2. The van der Waals surface area contributed by atoms with Crippen molar-refractivity contribution in [2.45, 2.75) is 13.5 Å². The van der Waals surface area contributed by atoms with Gasteiger partial charge in [0.15, 0.2) is 17.2 Å². The number of aromatic amines is 1. The fraction of sp³-hybridized carbons (Fsp3) is 0.211. The first-order valence-corrected chi connectivity index (χ1v) is 9.15. The molecule has 3 rings (SSSR count). The summed E-state index contributed by atoms with van der Waals surface area (Å²) in [5.41, 5.74) is 1.66. The number of H-pyrrole nitrogens is 1. The SMILES string of the molecule is CCOC(=O)c1n[nH]nc1-c1cc(Br)c(OCc2cccc(F)c2)c(OC)c1. The molecule has 28 heavy (non-hydrogen) atoms. The molecule has 0 saturated carbocycles. The second kappa shape index (κ2) is 8.83. The number of benzene rings is 2. The molecule has 1 heterocycles. The van der Waals surface area contributed by atoms with Crippen LogP contribution in [0.3, 0.4) is 0 Å². The van der Waals surface area contributed by atoms with Crippen molar-refractivity contribution in [3.63, 3.8) is 0 Å². The molecule has 0 spiro atoms. The summed E-state index contributed by atoms with van der Waals surface area (Å²) in [4.78, 5) is 12.1. The predicted octanol–water partition coefficient (Wildman–Crippen LogP) is 4.14. The van der Waals surface area contributed by atoms with Gasteiger partial charge in [-0.05, 0) is 52.7 Å². The lowest BCUT2D eigenvalue weighted by molar-refractivity contribution is 0.0520. The van der Waals surface area contributed by atoms with Crippen molar-refractivity contribution in [2.24, 2.45) is 0 Å². The first kappa shape index (κ1) is 19.8. The molecule has 0 aliphatic rings. The topological polar surface area (TPSA) is 86.3 Å². The summed E-state index contributed by atoms with van der Waals surface area (Å²) in [6.45, 7) is 2.09. The third kappa shape index (κ3) is 4.30. The molecule has 3 aromatic rings. The second-order valence-corrected chi connectivity index (χ2v) is 6.50. The number of ether oxygens (including phenoxy) is 3. The number of nitrogens with zero attached hydrogens (tertiary/aromatic N) is 2. The van der Waals surface area contributed by atoms with Gasteiger partial charge in [0.05, 0.1) is 18.2 Å². The molecule has 9 heteroatoms. The molecule has 0 amide bonds. The Balaban J connectivity index is 1.90. The summed E-state index contributed by atoms with van der Waals surface area (Å²) in [6, 6.07) is 9.55. The quantitative estimate of drug-likeness (QED) is 0.545. The molecule has 0 aliphatic heterocycles. The minimum Gasteiger partial charge on any atom is -0.493 e. The van der Waals surface area contributed by atoms with Crippen molar-refractivity contribution in [1.29, 1.82) is 0 Å². The van der Waals surface area contributed by atoms with E-state index in [0.29, 0.717) is 32.8 Å². The van der Waals surface area contributed by atoms with E-state index in [0.717, 1.165) is 0 Å². The summed E-state index contributed by atoms with van der Waals surface area (Å²) in [7, 11) is 1.50. The fourth-order valence-electron chi connectivity index (χ4n) is 2.55. The number of hydrogen-bond donors (Lipinski definition) is 1. The van der Waals surface area contributed by atoms with Gasteiger partial charge in [-0.2, -0.15) is 10.3 Å². The van der Waals surface area contributed by atoms with Crippen LogP contribution in [0.4, 0.5) is 4.39 Å². The van der Waals surface area contributed by atoms with E-state index in [1.54, 1.807) is 31.2 Å². The predicted molar refractivity (Wildman–Crippen MR) is 103 cm³/mol. The first-order chi connectivity index (χ1) is 13.5. The van der Waals surface area contributed by atoms with Crippen LogP contribution < -0.4 is 9.47 Å². The maximum atomic E-state index is 13.3. The Morgan fingerprint density at radius 2 is 2.07 bits per heavy atom. The molecule has 0 radical (unpaired) electrons. The summed E-state index contributed by atoms with van der Waals surface area (Å²) >= 11 is 3.45. The van der Waals surface area contributed by atoms with Crippen molar-refractivity contribution in [3.05, 3.63) is 57.9 Å². The molecule has 0 unspecified atom stereocenters. The van der Waals surface area contributed by atoms with Crippen LogP contribution in [0.15, 0.2) is 40.9 Å². The molecule has 1 aromatic heterocycles. The van der Waals surface area contributed by atoms with Gasteiger partial charge in [0.25, 0.3) is 0 Å². The van der Waals surface area contributed by atoms with Crippen LogP contribution in [0.25, 0.3) is 11.3 Å². The van der Waals surface area contributed by atoms with Gasteiger partial charge in [0, 0.05) is 5.56 Å². The Morgan fingerprint density at radius 1 is 1.25 bits per heavy atom. The Labute approximate surface area is 168 Å². The second-order valence-electron chi connectivity index (χ2n) is 5.65. The van der Waals surface area contributed by atoms with Crippen LogP contribution in [-0.2, 0) is 11.3 Å². The fourth-order valence-corrected chi connectivity index (χ4v) is 3.11.